The Morgan fingerprint density at radius 3 is 2.82 bits per heavy atom. The highest BCUT2D eigenvalue weighted by molar-refractivity contribution is 5.79. The van der Waals surface area contributed by atoms with Gasteiger partial charge >= 0.3 is 0 Å². The molecule has 0 unspecified atom stereocenters. The monoisotopic (exact) mass is 293 g/mol. The van der Waals surface area contributed by atoms with Crippen molar-refractivity contribution in [2.45, 2.75) is 13.1 Å². The van der Waals surface area contributed by atoms with E-state index in [1.54, 1.807) is 28.8 Å². The number of fused-ring (bicyclic) bond motifs is 2. The molecule has 0 radical (unpaired) electrons. The summed E-state index contributed by atoms with van der Waals surface area (Å²) in [6.45, 7) is 1.28. The van der Waals surface area contributed by atoms with Crippen LogP contribution in [0.3, 0.4) is 0 Å². The first-order valence-electron chi connectivity index (χ1n) is 7.15. The van der Waals surface area contributed by atoms with E-state index in [0.717, 1.165) is 0 Å². The fourth-order valence-electron chi connectivity index (χ4n) is 2.75. The lowest BCUT2D eigenvalue weighted by Crippen LogP contribution is -2.22. The van der Waals surface area contributed by atoms with Crippen LogP contribution in [0.5, 0.6) is 0 Å². The Bertz CT molecular complexity index is 1020. The number of hydrogen-bond donors (Lipinski definition) is 0. The first-order valence-corrected chi connectivity index (χ1v) is 7.15. The molecule has 0 saturated carbocycles. The second-order valence-electron chi connectivity index (χ2n) is 5.35. The largest absolute Gasteiger partial charge is 0.346 e. The summed E-state index contributed by atoms with van der Waals surface area (Å²) in [5.41, 5.74) is 2.13. The van der Waals surface area contributed by atoms with Gasteiger partial charge in [-0.1, -0.05) is 18.2 Å². The SMILES string of the molecule is Cn1cc2ncn(CCn3ccc4ccccc43)c(=O)c2n1. The van der Waals surface area contributed by atoms with E-state index in [2.05, 4.69) is 32.8 Å². The maximum absolute atomic E-state index is 12.4. The van der Waals surface area contributed by atoms with Crippen molar-refractivity contribution in [3.05, 3.63) is 59.4 Å². The van der Waals surface area contributed by atoms with E-state index in [0.29, 0.717) is 24.1 Å². The van der Waals surface area contributed by atoms with Crippen LogP contribution in [0, 0.1) is 0 Å². The topological polar surface area (TPSA) is 57.6 Å². The number of rotatable bonds is 3. The molecule has 1 aromatic carbocycles. The number of nitrogens with zero attached hydrogens (tertiary/aromatic N) is 5. The van der Waals surface area contributed by atoms with Gasteiger partial charge in [0.15, 0.2) is 5.52 Å². The van der Waals surface area contributed by atoms with Crippen molar-refractivity contribution in [2.24, 2.45) is 7.05 Å². The number of para-hydroxylation sites is 1. The summed E-state index contributed by atoms with van der Waals surface area (Å²) >= 11 is 0. The lowest BCUT2D eigenvalue weighted by Gasteiger charge is -2.07. The predicted molar refractivity (Wildman–Crippen MR) is 84.7 cm³/mol. The van der Waals surface area contributed by atoms with E-state index >= 15 is 0 Å². The first kappa shape index (κ1) is 12.8. The Labute approximate surface area is 126 Å². The normalized spacial score (nSPS) is 11.5. The van der Waals surface area contributed by atoms with E-state index in [1.165, 1.54) is 10.9 Å². The quantitative estimate of drug-likeness (QED) is 0.578. The molecule has 3 aromatic heterocycles. The first-order chi connectivity index (χ1) is 10.7. The van der Waals surface area contributed by atoms with E-state index in [9.17, 15) is 4.79 Å². The third kappa shape index (κ3) is 2.00. The number of benzene rings is 1. The van der Waals surface area contributed by atoms with Gasteiger partial charge in [-0.15, -0.1) is 0 Å². The van der Waals surface area contributed by atoms with Gasteiger partial charge in [0.1, 0.15) is 5.52 Å². The Balaban J connectivity index is 1.66. The van der Waals surface area contributed by atoms with Gasteiger partial charge in [-0.05, 0) is 17.5 Å². The van der Waals surface area contributed by atoms with E-state index in [-0.39, 0.29) is 5.56 Å². The smallest absolute Gasteiger partial charge is 0.281 e. The molecule has 0 N–H and O–H groups in total. The standard InChI is InChI=1S/C16H15N5O/c1-19-10-13-15(18-19)16(22)21(11-17-13)9-8-20-7-6-12-4-2-3-5-14(12)20/h2-7,10-11H,8-9H2,1H3. The zero-order valence-electron chi connectivity index (χ0n) is 12.2. The van der Waals surface area contributed by atoms with E-state index < -0.39 is 0 Å². The van der Waals surface area contributed by atoms with Crippen molar-refractivity contribution in [1.29, 1.82) is 0 Å². The highest BCUT2D eigenvalue weighted by atomic mass is 16.1. The molecule has 0 atom stereocenters. The second kappa shape index (κ2) is 4.84. The molecule has 22 heavy (non-hydrogen) atoms. The summed E-state index contributed by atoms with van der Waals surface area (Å²) in [5.74, 6) is 0. The number of aromatic nitrogens is 5. The molecule has 0 amide bonds. The van der Waals surface area contributed by atoms with Crippen LogP contribution in [0.15, 0.2) is 53.8 Å². The molecule has 0 aliphatic carbocycles. The number of hydrogen-bond acceptors (Lipinski definition) is 3. The third-order valence-electron chi connectivity index (χ3n) is 3.87. The Hall–Kier alpha value is -2.89. The summed E-state index contributed by atoms with van der Waals surface area (Å²) in [6, 6.07) is 10.3. The fraction of sp³-hybridized carbons (Fsp3) is 0.188. The van der Waals surface area contributed by atoms with Gasteiger partial charge < -0.3 is 4.57 Å². The molecule has 0 aliphatic rings. The maximum atomic E-state index is 12.4. The van der Waals surface area contributed by atoms with Crippen LogP contribution in [-0.4, -0.2) is 23.9 Å². The molecule has 0 bridgehead atoms. The molecular weight excluding hydrogens is 278 g/mol. The summed E-state index contributed by atoms with van der Waals surface area (Å²) in [6.07, 6.45) is 5.39. The molecule has 4 rings (SSSR count). The molecule has 0 aliphatic heterocycles. The van der Waals surface area contributed by atoms with Crippen LogP contribution < -0.4 is 5.56 Å². The Morgan fingerprint density at radius 1 is 1.09 bits per heavy atom. The summed E-state index contributed by atoms with van der Waals surface area (Å²) in [5, 5.41) is 5.38. The Kier molecular flexibility index (Phi) is 2.82. The fourth-order valence-corrected chi connectivity index (χ4v) is 2.75. The molecule has 0 spiro atoms. The molecule has 3 heterocycles. The minimum Gasteiger partial charge on any atom is -0.346 e. The highest BCUT2D eigenvalue weighted by Gasteiger charge is 2.08. The van der Waals surface area contributed by atoms with Crippen LogP contribution in [0.25, 0.3) is 21.9 Å². The molecule has 0 fully saturated rings. The average molecular weight is 293 g/mol. The minimum atomic E-state index is -0.0953. The predicted octanol–water partition coefficient (Wildman–Crippen LogP) is 1.78. The molecule has 110 valence electrons. The molecule has 6 heteroatoms. The van der Waals surface area contributed by atoms with Crippen LogP contribution in [0.2, 0.25) is 0 Å². The maximum Gasteiger partial charge on any atom is 0.281 e. The summed E-state index contributed by atoms with van der Waals surface area (Å²) in [7, 11) is 1.79. The van der Waals surface area contributed by atoms with Crippen molar-refractivity contribution in [2.75, 3.05) is 0 Å². The van der Waals surface area contributed by atoms with Gasteiger partial charge in [0.05, 0.1) is 12.5 Å². The van der Waals surface area contributed by atoms with Gasteiger partial charge in [-0.25, -0.2) is 4.98 Å². The minimum absolute atomic E-state index is 0.0953. The van der Waals surface area contributed by atoms with Crippen LogP contribution in [0.1, 0.15) is 0 Å². The van der Waals surface area contributed by atoms with Gasteiger partial charge in [-0.2, -0.15) is 5.10 Å². The Morgan fingerprint density at radius 2 is 1.91 bits per heavy atom. The van der Waals surface area contributed by atoms with Crippen molar-refractivity contribution >= 4 is 21.9 Å². The number of aryl methyl sites for hydroxylation is 3. The second-order valence-corrected chi connectivity index (χ2v) is 5.35. The highest BCUT2D eigenvalue weighted by Crippen LogP contribution is 2.14. The summed E-state index contributed by atoms with van der Waals surface area (Å²) < 4.78 is 5.37. The molecule has 6 nitrogen and oxygen atoms in total. The summed E-state index contributed by atoms with van der Waals surface area (Å²) in [4.78, 5) is 16.7. The molecule has 4 aromatic rings. The average Bonchev–Trinajstić information content (AvgIpc) is 3.10. The molecular formula is C16H15N5O. The third-order valence-corrected chi connectivity index (χ3v) is 3.87. The van der Waals surface area contributed by atoms with Crippen molar-refractivity contribution in [3.8, 4) is 0 Å². The van der Waals surface area contributed by atoms with E-state index in [1.807, 2.05) is 18.3 Å². The van der Waals surface area contributed by atoms with Crippen LogP contribution in [-0.2, 0) is 20.1 Å². The zero-order chi connectivity index (χ0) is 15.1. The zero-order valence-corrected chi connectivity index (χ0v) is 12.2. The van der Waals surface area contributed by atoms with Gasteiger partial charge in [0, 0.05) is 31.9 Å². The van der Waals surface area contributed by atoms with E-state index in [4.69, 9.17) is 0 Å². The molecule has 0 saturated heterocycles. The van der Waals surface area contributed by atoms with Gasteiger partial charge in [0.2, 0.25) is 0 Å². The van der Waals surface area contributed by atoms with Crippen molar-refractivity contribution < 1.29 is 0 Å². The lowest BCUT2D eigenvalue weighted by molar-refractivity contribution is 0.573. The van der Waals surface area contributed by atoms with Crippen molar-refractivity contribution in [3.63, 3.8) is 0 Å². The van der Waals surface area contributed by atoms with Gasteiger partial charge in [-0.3, -0.25) is 14.0 Å². The van der Waals surface area contributed by atoms with Crippen LogP contribution >= 0.6 is 0 Å². The van der Waals surface area contributed by atoms with Crippen molar-refractivity contribution in [1.82, 2.24) is 23.9 Å². The van der Waals surface area contributed by atoms with Crippen LogP contribution in [0.4, 0.5) is 0 Å². The lowest BCUT2D eigenvalue weighted by atomic mass is 10.2. The van der Waals surface area contributed by atoms with Gasteiger partial charge in [0.25, 0.3) is 5.56 Å².